The van der Waals surface area contributed by atoms with Gasteiger partial charge in [-0.25, -0.2) is 8.42 Å². The van der Waals surface area contributed by atoms with Crippen molar-refractivity contribution in [3.8, 4) is 0 Å². The van der Waals surface area contributed by atoms with Crippen molar-refractivity contribution >= 4 is 56.0 Å². The van der Waals surface area contributed by atoms with Crippen LogP contribution in [0.5, 0.6) is 0 Å². The van der Waals surface area contributed by atoms with E-state index in [0.717, 1.165) is 18.4 Å². The summed E-state index contributed by atoms with van der Waals surface area (Å²) >= 11 is 6.56. The minimum Gasteiger partial charge on any atom is -0.420 e. The molecule has 2 saturated heterocycles. The highest BCUT2D eigenvalue weighted by Crippen LogP contribution is 2.37. The fourth-order valence-electron chi connectivity index (χ4n) is 3.93. The number of hydrogen-bond donors (Lipinski definition) is 0. The van der Waals surface area contributed by atoms with E-state index < -0.39 is 9.84 Å². The molecule has 0 radical (unpaired) electrons. The van der Waals surface area contributed by atoms with Crippen LogP contribution in [0.3, 0.4) is 0 Å². The van der Waals surface area contributed by atoms with E-state index in [9.17, 15) is 13.2 Å². The maximum absolute atomic E-state index is 13.5. The summed E-state index contributed by atoms with van der Waals surface area (Å²) in [5.74, 6) is 0.945. The van der Waals surface area contributed by atoms with E-state index in [1.165, 1.54) is 17.8 Å². The van der Waals surface area contributed by atoms with Crippen LogP contribution in [-0.4, -0.2) is 48.2 Å². The Morgan fingerprint density at radius 3 is 2.50 bits per heavy atom. The van der Waals surface area contributed by atoms with Crippen LogP contribution in [0.25, 0.3) is 6.08 Å². The fourth-order valence-corrected chi connectivity index (χ4v) is 6.49. The molecule has 0 atom stereocenters. The maximum Gasteiger partial charge on any atom is 0.266 e. The predicted molar refractivity (Wildman–Crippen MR) is 138 cm³/mol. The van der Waals surface area contributed by atoms with Gasteiger partial charge in [0, 0.05) is 25.7 Å². The normalized spacial score (nSPS) is 19.1. The van der Waals surface area contributed by atoms with Crippen molar-refractivity contribution in [3.05, 3.63) is 40.6 Å². The molecule has 0 spiro atoms. The Labute approximate surface area is 210 Å². The second kappa shape index (κ2) is 9.83. The van der Waals surface area contributed by atoms with Crippen LogP contribution in [0.15, 0.2) is 43.5 Å². The minimum absolute atomic E-state index is 0.0874. The Kier molecular flexibility index (Phi) is 7.21. The predicted octanol–water partition coefficient (Wildman–Crippen LogP) is 4.91. The first-order valence-corrected chi connectivity index (χ1v) is 14.1. The van der Waals surface area contributed by atoms with E-state index in [2.05, 4.69) is 11.9 Å². The number of thioether (sulfide) groups is 1. The third-order valence-electron chi connectivity index (χ3n) is 5.93. The van der Waals surface area contributed by atoms with Crippen LogP contribution < -0.4 is 4.90 Å². The average Bonchev–Trinajstić information content (AvgIpc) is 3.32. The molecule has 2 fully saturated rings. The molecule has 7 nitrogen and oxygen atoms in total. The van der Waals surface area contributed by atoms with E-state index in [1.807, 2.05) is 25.7 Å². The molecule has 2 aliphatic rings. The van der Waals surface area contributed by atoms with Gasteiger partial charge < -0.3 is 9.32 Å². The summed E-state index contributed by atoms with van der Waals surface area (Å²) in [6, 6.07) is 6.68. The third-order valence-corrected chi connectivity index (χ3v) is 8.97. The first-order valence-electron chi connectivity index (χ1n) is 11.4. The molecule has 34 heavy (non-hydrogen) atoms. The second-order valence-corrected chi connectivity index (χ2v) is 12.9. The van der Waals surface area contributed by atoms with Gasteiger partial charge in [-0.15, -0.1) is 0 Å². The van der Waals surface area contributed by atoms with Crippen LogP contribution in [0.2, 0.25) is 0 Å². The topological polar surface area (TPSA) is 83.7 Å². The molecule has 4 rings (SSSR count). The quantitative estimate of drug-likeness (QED) is 0.393. The number of anilines is 1. The molecule has 0 saturated carbocycles. The Morgan fingerprint density at radius 1 is 1.24 bits per heavy atom. The number of piperidine rings is 1. The molecular formula is C24H29N3O4S3. The molecular weight excluding hydrogens is 490 g/mol. The number of thiocarbonyl (C=S) groups is 1. The van der Waals surface area contributed by atoms with Gasteiger partial charge in [-0.05, 0) is 43.7 Å². The summed E-state index contributed by atoms with van der Waals surface area (Å²) in [4.78, 5) is 21.3. The van der Waals surface area contributed by atoms with Gasteiger partial charge in [0.1, 0.15) is 4.32 Å². The van der Waals surface area contributed by atoms with Crippen LogP contribution in [-0.2, 0) is 14.6 Å². The first-order chi connectivity index (χ1) is 16.1. The smallest absolute Gasteiger partial charge is 0.266 e. The van der Waals surface area contributed by atoms with Gasteiger partial charge in [-0.1, -0.05) is 62.4 Å². The molecule has 0 unspecified atom stereocenters. The van der Waals surface area contributed by atoms with Crippen molar-refractivity contribution in [1.29, 1.82) is 0 Å². The van der Waals surface area contributed by atoms with Crippen LogP contribution in [0, 0.1) is 18.8 Å². The summed E-state index contributed by atoms with van der Waals surface area (Å²) in [6.07, 6.45) is 3.38. The SMILES string of the molecule is Cc1ccc(S(=O)(=O)c2nc(C=C3SC(=S)N(CC(C)C)C3=O)oc2N2CCC(C)CC2)cc1. The first kappa shape index (κ1) is 24.9. The number of carbonyl (C=O) groups is 1. The Balaban J connectivity index is 1.74. The lowest BCUT2D eigenvalue weighted by Gasteiger charge is -2.30. The molecule has 1 amide bonds. The zero-order chi connectivity index (χ0) is 24.6. The van der Waals surface area contributed by atoms with Crippen molar-refractivity contribution in [3.63, 3.8) is 0 Å². The van der Waals surface area contributed by atoms with Crippen molar-refractivity contribution in [2.24, 2.45) is 11.8 Å². The van der Waals surface area contributed by atoms with Gasteiger partial charge >= 0.3 is 0 Å². The molecule has 1 aromatic heterocycles. The summed E-state index contributed by atoms with van der Waals surface area (Å²) < 4.78 is 33.6. The van der Waals surface area contributed by atoms with Gasteiger partial charge in [0.25, 0.3) is 5.91 Å². The molecule has 2 aromatic rings. The number of oxazole rings is 1. The highest BCUT2D eigenvalue weighted by Gasteiger charge is 2.35. The largest absolute Gasteiger partial charge is 0.420 e. The minimum atomic E-state index is -3.92. The van der Waals surface area contributed by atoms with Crippen LogP contribution in [0.4, 0.5) is 5.88 Å². The van der Waals surface area contributed by atoms with Gasteiger partial charge in [-0.2, -0.15) is 4.98 Å². The molecule has 0 bridgehead atoms. The second-order valence-electron chi connectivity index (χ2n) is 9.33. The zero-order valence-corrected chi connectivity index (χ0v) is 22.2. The lowest BCUT2D eigenvalue weighted by atomic mass is 9.99. The number of hydrogen-bond acceptors (Lipinski definition) is 8. The molecule has 2 aliphatic heterocycles. The van der Waals surface area contributed by atoms with Crippen molar-refractivity contribution in [1.82, 2.24) is 9.88 Å². The van der Waals surface area contributed by atoms with Crippen LogP contribution in [0.1, 0.15) is 45.1 Å². The summed E-state index contributed by atoms with van der Waals surface area (Å²) in [5, 5.41) is -0.116. The lowest BCUT2D eigenvalue weighted by Crippen LogP contribution is -2.33. The highest BCUT2D eigenvalue weighted by molar-refractivity contribution is 8.26. The Hall–Kier alpha value is -2.17. The monoisotopic (exact) mass is 519 g/mol. The third kappa shape index (κ3) is 5.08. The molecule has 182 valence electrons. The number of aromatic nitrogens is 1. The van der Waals surface area contributed by atoms with E-state index in [0.29, 0.717) is 34.8 Å². The average molecular weight is 520 g/mol. The van der Waals surface area contributed by atoms with E-state index >= 15 is 0 Å². The Morgan fingerprint density at radius 2 is 1.88 bits per heavy atom. The van der Waals surface area contributed by atoms with Crippen LogP contribution >= 0.6 is 24.0 Å². The molecule has 3 heterocycles. The number of sulfone groups is 1. The van der Waals surface area contributed by atoms with Gasteiger partial charge in [0.2, 0.25) is 26.6 Å². The van der Waals surface area contributed by atoms with Crippen molar-refractivity contribution in [2.45, 2.75) is 50.5 Å². The van der Waals surface area contributed by atoms with Crippen molar-refractivity contribution in [2.75, 3.05) is 24.5 Å². The lowest BCUT2D eigenvalue weighted by molar-refractivity contribution is -0.122. The number of benzene rings is 1. The molecule has 1 aromatic carbocycles. The van der Waals surface area contributed by atoms with Gasteiger partial charge in [0.15, 0.2) is 0 Å². The van der Waals surface area contributed by atoms with E-state index in [1.54, 1.807) is 29.2 Å². The summed E-state index contributed by atoms with van der Waals surface area (Å²) in [5.41, 5.74) is 0.966. The van der Waals surface area contributed by atoms with Gasteiger partial charge in [-0.3, -0.25) is 9.69 Å². The molecule has 10 heteroatoms. The number of rotatable bonds is 6. The standard InChI is InChI=1S/C24H29N3O4S3/c1-15(2)14-27-22(28)19(33-24(27)32)13-20-25-21(23(31-20)26-11-9-17(4)10-12-26)34(29,30)18-7-5-16(3)6-8-18/h5-8,13,15,17H,9-12,14H2,1-4H3. The van der Waals surface area contributed by atoms with E-state index in [-0.39, 0.29) is 33.5 Å². The molecule has 0 aliphatic carbocycles. The zero-order valence-electron chi connectivity index (χ0n) is 19.8. The highest BCUT2D eigenvalue weighted by atomic mass is 32.2. The number of aryl methyl sites for hydroxylation is 1. The summed E-state index contributed by atoms with van der Waals surface area (Å²) in [7, 11) is -3.92. The summed E-state index contributed by atoms with van der Waals surface area (Å²) in [6.45, 7) is 10.0. The fraction of sp³-hybridized carbons (Fsp3) is 0.458. The number of nitrogens with zero attached hydrogens (tertiary/aromatic N) is 3. The number of carbonyl (C=O) groups excluding carboxylic acids is 1. The van der Waals surface area contributed by atoms with Gasteiger partial charge in [0.05, 0.1) is 9.80 Å². The molecule has 0 N–H and O–H groups in total. The van der Waals surface area contributed by atoms with E-state index in [4.69, 9.17) is 16.6 Å². The Bertz CT molecular complexity index is 1220. The maximum atomic E-state index is 13.5. The number of amides is 1. The van der Waals surface area contributed by atoms with Crippen molar-refractivity contribution < 1.29 is 17.6 Å².